The van der Waals surface area contributed by atoms with Crippen LogP contribution in [0.1, 0.15) is 105 Å². The maximum Gasteiger partial charge on any atom is 0.215 e. The van der Waals surface area contributed by atoms with Gasteiger partial charge in [-0.25, -0.2) is 8.42 Å². The molecule has 0 aliphatic rings. The maximum atomic E-state index is 8.63. The van der Waals surface area contributed by atoms with Crippen molar-refractivity contribution >= 4 is 10.4 Å². The molecule has 26 heavy (non-hydrogen) atoms. The van der Waals surface area contributed by atoms with Gasteiger partial charge in [-0.15, -0.1) is 0 Å². The lowest BCUT2D eigenvalue weighted by atomic mass is 9.97. The Morgan fingerprint density at radius 3 is 1.35 bits per heavy atom. The molecule has 0 aliphatic carbocycles. The zero-order valence-electron chi connectivity index (χ0n) is 18.0. The lowest BCUT2D eigenvalue weighted by molar-refractivity contribution is -0.952. The van der Waals surface area contributed by atoms with Crippen LogP contribution in [0.2, 0.25) is 0 Å². The van der Waals surface area contributed by atoms with Crippen LogP contribution in [0.3, 0.4) is 0 Å². The third-order valence-electron chi connectivity index (χ3n) is 5.16. The molecule has 1 atom stereocenters. The van der Waals surface area contributed by atoms with Crippen LogP contribution < -0.4 is 0 Å². The third-order valence-corrected chi connectivity index (χ3v) is 5.16. The molecule has 0 rings (SSSR count). The van der Waals surface area contributed by atoms with Gasteiger partial charge in [0.25, 0.3) is 0 Å². The highest BCUT2D eigenvalue weighted by Gasteiger charge is 2.34. The summed E-state index contributed by atoms with van der Waals surface area (Å²) in [5.41, 5.74) is 0. The molecule has 160 valence electrons. The molecule has 0 aliphatic heterocycles. The van der Waals surface area contributed by atoms with Gasteiger partial charge in [0, 0.05) is 0 Å². The van der Waals surface area contributed by atoms with E-state index in [4.69, 9.17) is 17.5 Å². The van der Waals surface area contributed by atoms with E-state index in [0.717, 1.165) is 6.04 Å². The number of unbranched alkanes of at least 4 members (excludes halogenated alkanes) is 4. The van der Waals surface area contributed by atoms with Gasteiger partial charge in [-0.2, -0.15) is 0 Å². The summed E-state index contributed by atoms with van der Waals surface area (Å²) in [6.45, 7) is 16.1. The number of quaternary nitrogens is 1. The van der Waals surface area contributed by atoms with Crippen LogP contribution in [0.25, 0.3) is 0 Å². The summed E-state index contributed by atoms with van der Waals surface area (Å²) in [5, 5.41) is 0. The van der Waals surface area contributed by atoms with E-state index >= 15 is 0 Å². The molecule has 0 amide bonds. The molecule has 0 saturated carbocycles. The van der Waals surface area contributed by atoms with Gasteiger partial charge in [-0.05, 0) is 38.5 Å². The monoisotopic (exact) mass is 395 g/mol. The molecular formula is C20H45NO4S. The quantitative estimate of drug-likeness (QED) is 0.223. The minimum absolute atomic E-state index is 0.930. The topological polar surface area (TPSA) is 77.4 Å². The van der Waals surface area contributed by atoms with Crippen LogP contribution in [0.4, 0.5) is 0 Å². The molecule has 0 fully saturated rings. The van der Waals surface area contributed by atoms with Crippen LogP contribution in [-0.4, -0.2) is 47.7 Å². The van der Waals surface area contributed by atoms with Gasteiger partial charge in [0.1, 0.15) is 0 Å². The van der Waals surface area contributed by atoms with Crippen LogP contribution in [0, 0.1) is 0 Å². The van der Waals surface area contributed by atoms with Gasteiger partial charge < -0.3 is 9.04 Å². The predicted molar refractivity (Wildman–Crippen MR) is 110 cm³/mol. The minimum atomic E-state index is -4.92. The van der Waals surface area contributed by atoms with Gasteiger partial charge in [-0.1, -0.05) is 66.7 Å². The molecule has 1 unspecified atom stereocenters. The molecule has 0 heterocycles. The summed E-state index contributed by atoms with van der Waals surface area (Å²) in [7, 11) is -4.92. The summed E-state index contributed by atoms with van der Waals surface area (Å²) in [4.78, 5) is 0. The molecule has 0 spiro atoms. The van der Waals surface area contributed by atoms with Gasteiger partial charge in [0.2, 0.25) is 10.4 Å². The van der Waals surface area contributed by atoms with Crippen molar-refractivity contribution in [3.63, 3.8) is 0 Å². The largest absolute Gasteiger partial charge is 0.726 e. The normalized spacial score (nSPS) is 13.2. The molecule has 0 bridgehead atoms. The van der Waals surface area contributed by atoms with E-state index < -0.39 is 10.4 Å². The maximum absolute atomic E-state index is 8.63. The lowest BCUT2D eigenvalue weighted by Gasteiger charge is -2.46. The van der Waals surface area contributed by atoms with Crippen molar-refractivity contribution in [2.45, 2.75) is 111 Å². The highest BCUT2D eigenvalue weighted by molar-refractivity contribution is 7.79. The molecule has 5 nitrogen and oxygen atoms in total. The standard InChI is InChI=1S/C20H44N.H2O4S/c1-6-11-16-20(15-10-5)21(17-12-7-2,18-13-8-3)19-14-9-4;1-5(2,3)4/h20H,6-19H2,1-5H3;(H2,1,2,3,4)/q+1;/p-1. The number of rotatable bonds is 15. The van der Waals surface area contributed by atoms with E-state index in [2.05, 4.69) is 34.6 Å². The van der Waals surface area contributed by atoms with Crippen molar-refractivity contribution in [3.05, 3.63) is 0 Å². The second-order valence-corrected chi connectivity index (χ2v) is 8.32. The van der Waals surface area contributed by atoms with E-state index in [1.807, 2.05) is 0 Å². The van der Waals surface area contributed by atoms with Crippen LogP contribution in [0.15, 0.2) is 0 Å². The van der Waals surface area contributed by atoms with Crippen LogP contribution in [-0.2, 0) is 10.4 Å². The Morgan fingerprint density at radius 1 is 0.731 bits per heavy atom. The van der Waals surface area contributed by atoms with Crippen molar-refractivity contribution in [3.8, 4) is 0 Å². The molecule has 0 aromatic carbocycles. The lowest BCUT2D eigenvalue weighted by Crippen LogP contribution is -2.57. The first-order chi connectivity index (χ1) is 12.2. The molecule has 0 saturated heterocycles. The second-order valence-electron chi connectivity index (χ2n) is 7.46. The average Bonchev–Trinajstić information content (AvgIpc) is 2.57. The Morgan fingerprint density at radius 2 is 1.08 bits per heavy atom. The fourth-order valence-electron chi connectivity index (χ4n) is 3.77. The summed E-state index contributed by atoms with van der Waals surface area (Å²) < 4.78 is 34.3. The average molecular weight is 396 g/mol. The summed E-state index contributed by atoms with van der Waals surface area (Å²) in [5.74, 6) is 0. The van der Waals surface area contributed by atoms with Crippen molar-refractivity contribution in [1.82, 2.24) is 0 Å². The Balaban J connectivity index is 0. The predicted octanol–water partition coefficient (Wildman–Crippen LogP) is 5.57. The highest BCUT2D eigenvalue weighted by Crippen LogP contribution is 2.26. The molecule has 0 radical (unpaired) electrons. The smallest absolute Gasteiger partial charge is 0.215 e. The van der Waals surface area contributed by atoms with E-state index in [1.54, 1.807) is 0 Å². The molecule has 6 heteroatoms. The third kappa shape index (κ3) is 16.0. The molecule has 1 N–H and O–H groups in total. The zero-order valence-corrected chi connectivity index (χ0v) is 18.8. The highest BCUT2D eigenvalue weighted by atomic mass is 32.3. The fraction of sp³-hybridized carbons (Fsp3) is 1.00. The van der Waals surface area contributed by atoms with Gasteiger partial charge in [0.05, 0.1) is 25.7 Å². The summed E-state index contributed by atoms with van der Waals surface area (Å²) in [6, 6.07) is 0.930. The minimum Gasteiger partial charge on any atom is -0.726 e. The van der Waals surface area contributed by atoms with Gasteiger partial charge >= 0.3 is 0 Å². The SMILES string of the molecule is CCCCC(CCC)[N+](CCCC)(CCCC)CCCC.O=S(=O)([O-])O. The first kappa shape index (κ1) is 28.0. The Kier molecular flexibility index (Phi) is 18.3. The molecule has 0 aromatic rings. The summed E-state index contributed by atoms with van der Waals surface area (Å²) >= 11 is 0. The van der Waals surface area contributed by atoms with Crippen LogP contribution >= 0.6 is 0 Å². The Bertz CT molecular complexity index is 369. The Labute approximate surface area is 163 Å². The first-order valence-electron chi connectivity index (χ1n) is 10.7. The van der Waals surface area contributed by atoms with Gasteiger partial charge in [0.15, 0.2) is 0 Å². The van der Waals surface area contributed by atoms with Crippen molar-refractivity contribution in [2.24, 2.45) is 0 Å². The van der Waals surface area contributed by atoms with Crippen molar-refractivity contribution in [1.29, 1.82) is 0 Å². The van der Waals surface area contributed by atoms with E-state index in [0.29, 0.717) is 0 Å². The van der Waals surface area contributed by atoms with Crippen molar-refractivity contribution < 1.29 is 22.0 Å². The first-order valence-corrected chi connectivity index (χ1v) is 12.1. The number of hydrogen-bond donors (Lipinski definition) is 1. The number of hydrogen-bond acceptors (Lipinski definition) is 3. The van der Waals surface area contributed by atoms with Crippen LogP contribution in [0.5, 0.6) is 0 Å². The van der Waals surface area contributed by atoms with E-state index in [1.165, 1.54) is 94.7 Å². The van der Waals surface area contributed by atoms with E-state index in [-0.39, 0.29) is 0 Å². The van der Waals surface area contributed by atoms with Crippen molar-refractivity contribution in [2.75, 3.05) is 19.6 Å². The number of nitrogens with zero attached hydrogens (tertiary/aromatic N) is 1. The van der Waals surface area contributed by atoms with E-state index in [9.17, 15) is 0 Å². The molecule has 0 aromatic heterocycles. The fourth-order valence-corrected chi connectivity index (χ4v) is 3.77. The second kappa shape index (κ2) is 17.0. The zero-order chi connectivity index (χ0) is 20.5. The Hall–Kier alpha value is -0.170. The molecular weight excluding hydrogens is 350 g/mol. The summed E-state index contributed by atoms with van der Waals surface area (Å²) in [6.07, 6.45) is 15.3. The van der Waals surface area contributed by atoms with Gasteiger partial charge in [-0.3, -0.25) is 4.55 Å².